The molecule has 0 heterocycles. The van der Waals surface area contributed by atoms with Crippen molar-refractivity contribution in [1.82, 2.24) is 5.32 Å². The van der Waals surface area contributed by atoms with E-state index in [2.05, 4.69) is 10.0 Å². The lowest BCUT2D eigenvalue weighted by Crippen LogP contribution is -2.33. The van der Waals surface area contributed by atoms with Crippen LogP contribution in [0.5, 0.6) is 0 Å². The molecule has 1 atom stereocenters. The third-order valence-corrected chi connectivity index (χ3v) is 3.89. The van der Waals surface area contributed by atoms with Gasteiger partial charge in [-0.1, -0.05) is 0 Å². The lowest BCUT2D eigenvalue weighted by atomic mass is 10.3. The first-order valence-corrected chi connectivity index (χ1v) is 6.52. The molecule has 96 valence electrons. The van der Waals surface area contributed by atoms with Gasteiger partial charge in [0.1, 0.15) is 11.6 Å². The van der Waals surface area contributed by atoms with Crippen molar-refractivity contribution in [2.45, 2.75) is 12.2 Å². The van der Waals surface area contributed by atoms with Gasteiger partial charge in [0.25, 0.3) is 0 Å². The van der Waals surface area contributed by atoms with Crippen molar-refractivity contribution >= 4 is 15.7 Å². The van der Waals surface area contributed by atoms with Crippen molar-refractivity contribution in [2.75, 3.05) is 18.3 Å². The van der Waals surface area contributed by atoms with Gasteiger partial charge in [-0.3, -0.25) is 4.72 Å². The summed E-state index contributed by atoms with van der Waals surface area (Å²) in [5, 5.41) is 2.01. The normalized spacial score (nSPS) is 13.4. The standard InChI is InChI=1S/C10H14F2N2O2S/c1-7(6-13-2)17(15,16)14-10-4-8(11)3-9(12)5-10/h3-5,7,13-14H,6H2,1-2H3. The second-order valence-corrected chi connectivity index (χ2v) is 5.77. The predicted octanol–water partition coefficient (Wildman–Crippen LogP) is 1.31. The highest BCUT2D eigenvalue weighted by molar-refractivity contribution is 7.93. The highest BCUT2D eigenvalue weighted by Gasteiger charge is 2.20. The highest BCUT2D eigenvalue weighted by atomic mass is 32.2. The molecule has 0 radical (unpaired) electrons. The number of benzene rings is 1. The summed E-state index contributed by atoms with van der Waals surface area (Å²) in [6.07, 6.45) is 0. The third-order valence-electron chi connectivity index (χ3n) is 2.14. The Morgan fingerprint density at radius 2 is 1.76 bits per heavy atom. The summed E-state index contributed by atoms with van der Waals surface area (Å²) in [6, 6.07) is 2.52. The van der Waals surface area contributed by atoms with Gasteiger partial charge in [-0.05, 0) is 26.1 Å². The maximum Gasteiger partial charge on any atom is 0.236 e. The summed E-state index contributed by atoms with van der Waals surface area (Å²) >= 11 is 0. The van der Waals surface area contributed by atoms with E-state index in [0.717, 1.165) is 12.1 Å². The number of anilines is 1. The number of hydrogen-bond acceptors (Lipinski definition) is 3. The quantitative estimate of drug-likeness (QED) is 0.843. The molecule has 1 unspecified atom stereocenters. The van der Waals surface area contributed by atoms with E-state index in [-0.39, 0.29) is 12.2 Å². The van der Waals surface area contributed by atoms with Crippen molar-refractivity contribution in [1.29, 1.82) is 0 Å². The third kappa shape index (κ3) is 3.94. The molecule has 4 nitrogen and oxygen atoms in total. The van der Waals surface area contributed by atoms with E-state index in [1.165, 1.54) is 6.92 Å². The molecule has 0 aliphatic carbocycles. The van der Waals surface area contributed by atoms with Gasteiger partial charge in [-0.15, -0.1) is 0 Å². The van der Waals surface area contributed by atoms with Gasteiger partial charge in [-0.2, -0.15) is 0 Å². The lowest BCUT2D eigenvalue weighted by molar-refractivity contribution is 0.581. The van der Waals surface area contributed by atoms with Crippen LogP contribution in [-0.2, 0) is 10.0 Å². The Kier molecular flexibility index (Phi) is 4.41. The minimum Gasteiger partial charge on any atom is -0.318 e. The Bertz CT molecular complexity index is 471. The maximum atomic E-state index is 12.9. The number of nitrogens with one attached hydrogen (secondary N) is 2. The highest BCUT2D eigenvalue weighted by Crippen LogP contribution is 2.15. The van der Waals surface area contributed by atoms with E-state index in [9.17, 15) is 17.2 Å². The fourth-order valence-electron chi connectivity index (χ4n) is 1.27. The van der Waals surface area contributed by atoms with Crippen LogP contribution < -0.4 is 10.0 Å². The van der Waals surface area contributed by atoms with Crippen LogP contribution in [0.4, 0.5) is 14.5 Å². The van der Waals surface area contributed by atoms with Gasteiger partial charge < -0.3 is 5.32 Å². The molecule has 0 aliphatic heterocycles. The molecule has 7 heteroatoms. The second kappa shape index (κ2) is 5.42. The van der Waals surface area contributed by atoms with Gasteiger partial charge in [-0.25, -0.2) is 17.2 Å². The first-order valence-electron chi connectivity index (χ1n) is 4.97. The average Bonchev–Trinajstić information content (AvgIpc) is 2.15. The minimum absolute atomic E-state index is 0.120. The number of hydrogen-bond donors (Lipinski definition) is 2. The van der Waals surface area contributed by atoms with Crippen molar-refractivity contribution in [2.24, 2.45) is 0 Å². The zero-order chi connectivity index (χ0) is 13.1. The summed E-state index contributed by atoms with van der Waals surface area (Å²) in [5.74, 6) is -1.66. The molecule has 0 fully saturated rings. The summed E-state index contributed by atoms with van der Waals surface area (Å²) in [6.45, 7) is 1.74. The SMILES string of the molecule is CNCC(C)S(=O)(=O)Nc1cc(F)cc(F)c1. The molecule has 0 bridgehead atoms. The van der Waals surface area contributed by atoms with Crippen LogP contribution >= 0.6 is 0 Å². The topological polar surface area (TPSA) is 58.2 Å². The molecular formula is C10H14F2N2O2S. The Morgan fingerprint density at radius 1 is 1.24 bits per heavy atom. The van der Waals surface area contributed by atoms with Crippen LogP contribution in [0.15, 0.2) is 18.2 Å². The van der Waals surface area contributed by atoms with Crippen LogP contribution in [0.1, 0.15) is 6.92 Å². The molecule has 0 aliphatic rings. The molecule has 0 saturated heterocycles. The molecule has 0 spiro atoms. The molecule has 17 heavy (non-hydrogen) atoms. The average molecular weight is 264 g/mol. The minimum atomic E-state index is -3.65. The van der Waals surface area contributed by atoms with E-state index in [0.29, 0.717) is 6.07 Å². The number of rotatable bonds is 5. The molecule has 1 aromatic carbocycles. The zero-order valence-corrected chi connectivity index (χ0v) is 10.3. The van der Waals surface area contributed by atoms with Crippen molar-refractivity contribution in [3.05, 3.63) is 29.8 Å². The van der Waals surface area contributed by atoms with Crippen LogP contribution in [0.25, 0.3) is 0 Å². The van der Waals surface area contributed by atoms with Gasteiger partial charge in [0.15, 0.2) is 0 Å². The molecule has 1 rings (SSSR count). The van der Waals surface area contributed by atoms with Crippen molar-refractivity contribution in [3.8, 4) is 0 Å². The number of sulfonamides is 1. The van der Waals surface area contributed by atoms with Crippen molar-refractivity contribution < 1.29 is 17.2 Å². The Hall–Kier alpha value is -1.21. The van der Waals surface area contributed by atoms with E-state index in [1.54, 1.807) is 7.05 Å². The monoisotopic (exact) mass is 264 g/mol. The Balaban J connectivity index is 2.90. The summed E-state index contributed by atoms with van der Waals surface area (Å²) < 4.78 is 51.3. The van der Waals surface area contributed by atoms with E-state index in [1.807, 2.05) is 0 Å². The molecule has 0 aromatic heterocycles. The molecule has 1 aromatic rings. The first-order chi connectivity index (χ1) is 7.85. The van der Waals surface area contributed by atoms with Crippen LogP contribution in [0.2, 0.25) is 0 Å². The van der Waals surface area contributed by atoms with Gasteiger partial charge in [0, 0.05) is 12.6 Å². The Morgan fingerprint density at radius 3 is 2.24 bits per heavy atom. The van der Waals surface area contributed by atoms with Gasteiger partial charge in [0.2, 0.25) is 10.0 Å². The van der Waals surface area contributed by atoms with Crippen LogP contribution in [0.3, 0.4) is 0 Å². The predicted molar refractivity (Wildman–Crippen MR) is 62.3 cm³/mol. The van der Waals surface area contributed by atoms with E-state index < -0.39 is 26.9 Å². The van der Waals surface area contributed by atoms with Crippen LogP contribution in [0, 0.1) is 11.6 Å². The summed E-state index contributed by atoms with van der Waals surface area (Å²) in [7, 11) is -2.04. The maximum absolute atomic E-state index is 12.9. The van der Waals surface area contributed by atoms with Crippen LogP contribution in [-0.4, -0.2) is 27.3 Å². The molecule has 2 N–H and O–H groups in total. The summed E-state index contributed by atoms with van der Waals surface area (Å²) in [5.41, 5.74) is -0.120. The van der Waals surface area contributed by atoms with E-state index >= 15 is 0 Å². The van der Waals surface area contributed by atoms with E-state index in [4.69, 9.17) is 0 Å². The van der Waals surface area contributed by atoms with Crippen molar-refractivity contribution in [3.63, 3.8) is 0 Å². The van der Waals surface area contributed by atoms with Gasteiger partial charge in [0.05, 0.1) is 10.9 Å². The summed E-state index contributed by atoms with van der Waals surface area (Å²) in [4.78, 5) is 0. The largest absolute Gasteiger partial charge is 0.318 e. The molecule has 0 amide bonds. The first kappa shape index (κ1) is 13.9. The second-order valence-electron chi connectivity index (χ2n) is 3.67. The van der Waals surface area contributed by atoms with Gasteiger partial charge >= 0.3 is 0 Å². The number of halogens is 2. The zero-order valence-electron chi connectivity index (χ0n) is 9.50. The fourth-order valence-corrected chi connectivity index (χ4v) is 2.31. The smallest absolute Gasteiger partial charge is 0.236 e. The lowest BCUT2D eigenvalue weighted by Gasteiger charge is -2.14. The molecule has 0 saturated carbocycles. The fraction of sp³-hybridized carbons (Fsp3) is 0.400. The molecular weight excluding hydrogens is 250 g/mol. The Labute approximate surface area is 99.1 Å².